The van der Waals surface area contributed by atoms with Crippen molar-refractivity contribution < 1.29 is 9.53 Å². The Kier molecular flexibility index (Phi) is 5.19. The maximum atomic E-state index is 12.7. The molecule has 0 atom stereocenters. The van der Waals surface area contributed by atoms with E-state index in [2.05, 4.69) is 0 Å². The average molecular weight is 335 g/mol. The zero-order valence-corrected chi connectivity index (χ0v) is 14.7. The van der Waals surface area contributed by atoms with Crippen molar-refractivity contribution >= 4 is 30.1 Å². The lowest BCUT2D eigenvalue weighted by molar-refractivity contribution is 0.0971. The van der Waals surface area contributed by atoms with Gasteiger partial charge in [0.2, 0.25) is 5.62 Å². The molecule has 0 fully saturated rings. The number of rotatable bonds is 7. The third kappa shape index (κ3) is 3.59. The number of Topliss-reactive ketones (excluding diaryl/α,β-unsaturated/α-hetero) is 1. The van der Waals surface area contributed by atoms with E-state index in [1.165, 1.54) is 0 Å². The smallest absolute Gasteiger partial charge is 0.203 e. The minimum atomic E-state index is 0.0123. The Balaban J connectivity index is 1.95. The summed E-state index contributed by atoms with van der Waals surface area (Å²) in [5.74, 6) is 0.0123. The number of para-hydroxylation sites is 2. The van der Waals surface area contributed by atoms with E-state index in [1.54, 1.807) is 11.7 Å². The van der Waals surface area contributed by atoms with Crippen LogP contribution in [0.1, 0.15) is 16.8 Å². The first-order chi connectivity index (χ1) is 12.1. The Labute approximate surface area is 147 Å². The van der Waals surface area contributed by atoms with Crippen LogP contribution in [0.25, 0.3) is 11.0 Å². The highest BCUT2D eigenvalue weighted by molar-refractivity contribution is 6.32. The van der Waals surface area contributed by atoms with E-state index in [1.807, 2.05) is 60.9 Å². The van der Waals surface area contributed by atoms with Crippen molar-refractivity contribution in [3.63, 3.8) is 0 Å². The Hall–Kier alpha value is -2.60. The molecule has 0 amide bonds. The lowest BCUT2D eigenvalue weighted by Gasteiger charge is -2.05. The van der Waals surface area contributed by atoms with Crippen LogP contribution in [-0.4, -0.2) is 36.5 Å². The van der Waals surface area contributed by atoms with Crippen molar-refractivity contribution in [1.82, 2.24) is 9.13 Å². The summed E-state index contributed by atoms with van der Waals surface area (Å²) in [6.07, 6.45) is 0.826. The van der Waals surface area contributed by atoms with Crippen LogP contribution >= 0.6 is 0 Å². The molecular formula is C19H22BN3O2. The molecule has 0 aliphatic heterocycles. The van der Waals surface area contributed by atoms with Gasteiger partial charge < -0.3 is 13.9 Å². The second-order valence-corrected chi connectivity index (χ2v) is 6.19. The fourth-order valence-electron chi connectivity index (χ4n) is 3.02. The normalized spacial score (nSPS) is 11.1. The number of hydrogen-bond donors (Lipinski definition) is 1. The molecule has 1 heterocycles. The van der Waals surface area contributed by atoms with Gasteiger partial charge in [0.25, 0.3) is 0 Å². The van der Waals surface area contributed by atoms with Crippen molar-refractivity contribution in [3.05, 3.63) is 59.7 Å². The molecule has 0 spiro atoms. The number of nitrogens with zero attached hydrogens (tertiary/aromatic N) is 2. The molecule has 3 rings (SSSR count). The standard InChI is InChI=1S/C19H22BN3O2/c1-25-12-4-11-22-16-5-2-3-6-17(16)23(19(22)21)13-18(24)14-7-9-15(20)10-8-14/h2-3,5-10,21H,4,11-13,20H2,1H3. The Bertz CT molecular complexity index is 941. The van der Waals surface area contributed by atoms with Gasteiger partial charge in [0.05, 0.1) is 17.6 Å². The number of nitrogens with one attached hydrogen (secondary N) is 1. The Morgan fingerprint density at radius 3 is 2.36 bits per heavy atom. The van der Waals surface area contributed by atoms with Gasteiger partial charge in [-0.3, -0.25) is 10.2 Å². The molecule has 3 aromatic rings. The number of aromatic nitrogens is 2. The molecule has 0 unspecified atom stereocenters. The van der Waals surface area contributed by atoms with Gasteiger partial charge in [-0.1, -0.05) is 41.9 Å². The van der Waals surface area contributed by atoms with Gasteiger partial charge in [-0.15, -0.1) is 0 Å². The Morgan fingerprint density at radius 2 is 1.72 bits per heavy atom. The largest absolute Gasteiger partial charge is 0.385 e. The summed E-state index contributed by atoms with van der Waals surface area (Å²) >= 11 is 0. The van der Waals surface area contributed by atoms with Crippen LogP contribution in [-0.2, 0) is 17.8 Å². The molecule has 0 saturated heterocycles. The maximum absolute atomic E-state index is 12.7. The second-order valence-electron chi connectivity index (χ2n) is 6.19. The summed E-state index contributed by atoms with van der Waals surface area (Å²) in [6, 6.07) is 15.4. The molecule has 2 aromatic carbocycles. The molecule has 0 aliphatic rings. The van der Waals surface area contributed by atoms with Gasteiger partial charge in [-0.25, -0.2) is 0 Å². The minimum absolute atomic E-state index is 0.0123. The summed E-state index contributed by atoms with van der Waals surface area (Å²) in [7, 11) is 3.67. The van der Waals surface area contributed by atoms with Crippen molar-refractivity contribution in [2.75, 3.05) is 13.7 Å². The molecule has 128 valence electrons. The highest BCUT2D eigenvalue weighted by atomic mass is 16.5. The summed E-state index contributed by atoms with van der Waals surface area (Å²) in [6.45, 7) is 1.51. The van der Waals surface area contributed by atoms with Crippen molar-refractivity contribution in [2.45, 2.75) is 19.5 Å². The fraction of sp³-hybridized carbons (Fsp3) is 0.263. The van der Waals surface area contributed by atoms with Crippen LogP contribution in [0.15, 0.2) is 48.5 Å². The molecule has 6 heteroatoms. The predicted molar refractivity (Wildman–Crippen MR) is 101 cm³/mol. The molecule has 0 saturated carbocycles. The van der Waals surface area contributed by atoms with Crippen molar-refractivity contribution in [2.24, 2.45) is 0 Å². The van der Waals surface area contributed by atoms with E-state index >= 15 is 0 Å². The third-order valence-electron chi connectivity index (χ3n) is 4.38. The molecule has 0 bridgehead atoms. The van der Waals surface area contributed by atoms with Crippen molar-refractivity contribution in [1.29, 1.82) is 5.41 Å². The molecular weight excluding hydrogens is 313 g/mol. The zero-order chi connectivity index (χ0) is 17.8. The number of methoxy groups -OCH3 is 1. The number of hydrogen-bond acceptors (Lipinski definition) is 3. The lowest BCUT2D eigenvalue weighted by atomic mass is 9.94. The van der Waals surface area contributed by atoms with Gasteiger partial charge in [0, 0.05) is 25.8 Å². The summed E-state index contributed by atoms with van der Waals surface area (Å²) < 4.78 is 8.84. The molecule has 0 aliphatic carbocycles. The van der Waals surface area contributed by atoms with Crippen LogP contribution in [0.4, 0.5) is 0 Å². The molecule has 1 N–H and O–H groups in total. The summed E-state index contributed by atoms with van der Waals surface area (Å²) in [5.41, 5.74) is 4.03. The Morgan fingerprint density at radius 1 is 1.08 bits per heavy atom. The van der Waals surface area contributed by atoms with Gasteiger partial charge in [0.1, 0.15) is 7.85 Å². The van der Waals surface area contributed by atoms with Crippen LogP contribution in [0.3, 0.4) is 0 Å². The highest BCUT2D eigenvalue weighted by Gasteiger charge is 2.14. The number of benzene rings is 2. The number of ketones is 1. The SMILES string of the molecule is Bc1ccc(C(=O)Cn2c(=N)n(CCCOC)c3ccccc32)cc1. The highest BCUT2D eigenvalue weighted by Crippen LogP contribution is 2.14. The molecule has 1 aromatic heterocycles. The van der Waals surface area contributed by atoms with Gasteiger partial charge in [0.15, 0.2) is 5.78 Å². The monoisotopic (exact) mass is 335 g/mol. The maximum Gasteiger partial charge on any atom is 0.203 e. The minimum Gasteiger partial charge on any atom is -0.385 e. The number of imidazole rings is 1. The van der Waals surface area contributed by atoms with E-state index in [-0.39, 0.29) is 12.3 Å². The second kappa shape index (κ2) is 7.53. The first-order valence-corrected chi connectivity index (χ1v) is 8.43. The fourth-order valence-corrected chi connectivity index (χ4v) is 3.02. The third-order valence-corrected chi connectivity index (χ3v) is 4.38. The van der Waals surface area contributed by atoms with Gasteiger partial charge >= 0.3 is 0 Å². The average Bonchev–Trinajstić information content (AvgIpc) is 2.88. The first-order valence-electron chi connectivity index (χ1n) is 8.43. The first kappa shape index (κ1) is 17.2. The number of aryl methyl sites for hydroxylation is 1. The van der Waals surface area contributed by atoms with Crippen LogP contribution < -0.4 is 11.1 Å². The lowest BCUT2D eigenvalue weighted by Crippen LogP contribution is -2.27. The van der Waals surface area contributed by atoms with Crippen LogP contribution in [0, 0.1) is 5.41 Å². The predicted octanol–water partition coefficient (Wildman–Crippen LogP) is 1.10. The van der Waals surface area contributed by atoms with Crippen LogP contribution in [0.2, 0.25) is 0 Å². The molecule has 0 radical (unpaired) electrons. The number of ether oxygens (including phenoxy) is 1. The summed E-state index contributed by atoms with van der Waals surface area (Å²) in [5, 5.41) is 8.53. The molecule has 25 heavy (non-hydrogen) atoms. The van der Waals surface area contributed by atoms with E-state index < -0.39 is 0 Å². The quantitative estimate of drug-likeness (QED) is 0.399. The van der Waals surface area contributed by atoms with E-state index in [4.69, 9.17) is 10.1 Å². The van der Waals surface area contributed by atoms with Crippen LogP contribution in [0.5, 0.6) is 0 Å². The number of carbonyl (C=O) groups excluding carboxylic acids is 1. The summed E-state index contributed by atoms with van der Waals surface area (Å²) in [4.78, 5) is 12.7. The zero-order valence-electron chi connectivity index (χ0n) is 14.7. The van der Waals surface area contributed by atoms with Gasteiger partial charge in [-0.2, -0.15) is 0 Å². The topological polar surface area (TPSA) is 60.0 Å². The van der Waals surface area contributed by atoms with Crippen molar-refractivity contribution in [3.8, 4) is 0 Å². The number of carbonyl (C=O) groups is 1. The van der Waals surface area contributed by atoms with Gasteiger partial charge in [-0.05, 0) is 18.6 Å². The van der Waals surface area contributed by atoms with E-state index in [0.29, 0.717) is 24.3 Å². The van der Waals surface area contributed by atoms with E-state index in [0.717, 1.165) is 22.9 Å². The molecule has 5 nitrogen and oxygen atoms in total. The number of fused-ring (bicyclic) bond motifs is 1. The van der Waals surface area contributed by atoms with E-state index in [9.17, 15) is 4.79 Å².